The van der Waals surface area contributed by atoms with Crippen LogP contribution in [0.1, 0.15) is 99.1 Å². The predicted octanol–water partition coefficient (Wildman–Crippen LogP) is 10.4. The highest BCUT2D eigenvalue weighted by Crippen LogP contribution is 2.24. The van der Waals surface area contributed by atoms with E-state index in [1.807, 2.05) is 88.6 Å². The van der Waals surface area contributed by atoms with Crippen LogP contribution >= 0.6 is 0 Å². The Morgan fingerprint density at radius 1 is 0.667 bits per heavy atom. The highest BCUT2D eigenvalue weighted by Gasteiger charge is 2.17. The second kappa shape index (κ2) is 26.6. The molecule has 9 rings (SSSR count). The smallest absolute Gasteiger partial charge is 0.335 e. The average Bonchev–Trinajstić information content (AvgIpc) is 4.21. The predicted molar refractivity (Wildman–Crippen MR) is 286 cm³/mol. The lowest BCUT2D eigenvalue weighted by Crippen LogP contribution is -2.30. The number of fused-ring (bicyclic) bond motifs is 3. The van der Waals surface area contributed by atoms with Gasteiger partial charge in [-0.25, -0.2) is 34.7 Å². The molecule has 8 aromatic heterocycles. The highest BCUT2D eigenvalue weighted by atomic mass is 16.4. The number of carbonyl (C=O) groups is 1. The molecule has 0 saturated heterocycles. The number of imidazole rings is 3. The third-order valence-electron chi connectivity index (χ3n) is 11.6. The van der Waals surface area contributed by atoms with Crippen LogP contribution in [0.2, 0.25) is 0 Å². The number of carboxylic acid groups (broad SMARTS) is 1. The van der Waals surface area contributed by atoms with Gasteiger partial charge in [0, 0.05) is 99.2 Å². The standard InChI is InChI=1S/C19H23N5.C18H21N5.C18H20N4O3/c1-2-3-4-5-8-17-15-24-13-12-22-19(24)18(23-17)21-11-9-16-7-6-10-20-14-16;1-2-3-4-5-6-16-14-23-12-11-20-18(23)17(22-16)21-13-15-7-9-19-10-8-15;1-11(2)15(10-23)21-16-17-19-7-8-22(17)9-14(20-16)12-3-5-13(6-4-12)18(24)25/h5-8,10,12-15H,2-4,9,11H2,1H3,(H,21,23);5-12,14H,2-4,13H2,1H3,(H,21,22);3-9,11,15,23H,10H2,1-2H3,(H,20,21)(H,24,25)/b8-5+;6-5+;/t;;15-/m..0/s1. The molecule has 5 N–H and O–H groups in total. The fourth-order valence-corrected chi connectivity index (χ4v) is 7.46. The van der Waals surface area contributed by atoms with Gasteiger partial charge in [-0.1, -0.05) is 83.7 Å². The Balaban J connectivity index is 0.000000159. The van der Waals surface area contributed by atoms with Gasteiger partial charge >= 0.3 is 5.97 Å². The van der Waals surface area contributed by atoms with E-state index in [1.165, 1.54) is 31.2 Å². The van der Waals surface area contributed by atoms with Gasteiger partial charge in [0.1, 0.15) is 0 Å². The van der Waals surface area contributed by atoms with Gasteiger partial charge in [-0.05, 0) is 78.8 Å². The van der Waals surface area contributed by atoms with Crippen LogP contribution in [0.5, 0.6) is 0 Å². The largest absolute Gasteiger partial charge is 0.478 e. The van der Waals surface area contributed by atoms with E-state index in [0.717, 1.165) is 71.3 Å². The second-order valence-corrected chi connectivity index (χ2v) is 17.4. The minimum atomic E-state index is -0.963. The molecule has 0 saturated carbocycles. The van der Waals surface area contributed by atoms with Crippen LogP contribution in [0.15, 0.2) is 141 Å². The lowest BCUT2D eigenvalue weighted by molar-refractivity contribution is 0.0697. The number of anilines is 3. The molecule has 0 amide bonds. The third-order valence-corrected chi connectivity index (χ3v) is 11.6. The van der Waals surface area contributed by atoms with Crippen molar-refractivity contribution < 1.29 is 15.0 Å². The van der Waals surface area contributed by atoms with Crippen LogP contribution in [0.4, 0.5) is 17.5 Å². The molecule has 0 bridgehead atoms. The number of rotatable bonds is 21. The Hall–Kier alpha value is -8.31. The molecular weight excluding hydrogens is 905 g/mol. The van der Waals surface area contributed by atoms with Crippen LogP contribution in [0, 0.1) is 5.92 Å². The molecule has 0 spiro atoms. The molecule has 17 nitrogen and oxygen atoms in total. The molecule has 1 aromatic carbocycles. The zero-order chi connectivity index (χ0) is 50.5. The Labute approximate surface area is 420 Å². The maximum atomic E-state index is 11.0. The van der Waals surface area contributed by atoms with Crippen molar-refractivity contribution in [3.05, 3.63) is 169 Å². The summed E-state index contributed by atoms with van der Waals surface area (Å²) in [4.78, 5) is 46.3. The Kier molecular flexibility index (Phi) is 19.0. The number of unbranched alkanes of at least 4 members (excludes halogenated alkanes) is 4. The number of benzene rings is 1. The fraction of sp³-hybridized carbons (Fsp3) is 0.291. The topological polar surface area (TPSA) is 210 Å². The number of allylic oxidation sites excluding steroid dienone is 2. The number of hydrogen-bond acceptors (Lipinski definition) is 13. The van der Waals surface area contributed by atoms with Gasteiger partial charge < -0.3 is 39.4 Å². The second-order valence-electron chi connectivity index (χ2n) is 17.4. The van der Waals surface area contributed by atoms with Gasteiger partial charge in [-0.2, -0.15) is 0 Å². The van der Waals surface area contributed by atoms with Crippen molar-refractivity contribution in [3.8, 4) is 11.3 Å². The molecule has 17 heteroatoms. The number of aromatic nitrogens is 11. The van der Waals surface area contributed by atoms with Gasteiger partial charge in [-0.15, -0.1) is 0 Å². The van der Waals surface area contributed by atoms with E-state index in [9.17, 15) is 9.90 Å². The van der Waals surface area contributed by atoms with Gasteiger partial charge in [0.25, 0.3) is 0 Å². The summed E-state index contributed by atoms with van der Waals surface area (Å²) in [6.07, 6.45) is 40.5. The van der Waals surface area contributed by atoms with E-state index in [2.05, 4.69) is 95.1 Å². The molecule has 1 atom stereocenters. The number of aliphatic hydroxyl groups is 1. The normalized spacial score (nSPS) is 11.8. The van der Waals surface area contributed by atoms with Crippen molar-refractivity contribution in [2.75, 3.05) is 29.1 Å². The number of carboxylic acids is 1. The molecule has 0 radical (unpaired) electrons. The van der Waals surface area contributed by atoms with Gasteiger partial charge in [0.15, 0.2) is 34.4 Å². The van der Waals surface area contributed by atoms with Crippen molar-refractivity contribution in [1.82, 2.24) is 53.1 Å². The zero-order valence-corrected chi connectivity index (χ0v) is 41.4. The summed E-state index contributed by atoms with van der Waals surface area (Å²) in [6.45, 7) is 9.92. The van der Waals surface area contributed by atoms with Crippen molar-refractivity contribution in [2.24, 2.45) is 5.92 Å². The number of pyridine rings is 2. The quantitative estimate of drug-likeness (QED) is 0.0425. The van der Waals surface area contributed by atoms with Crippen molar-refractivity contribution in [3.63, 3.8) is 0 Å². The lowest BCUT2D eigenvalue weighted by atomic mass is 10.1. The molecule has 372 valence electrons. The van der Waals surface area contributed by atoms with Crippen molar-refractivity contribution in [2.45, 2.75) is 85.2 Å². The molecule has 0 fully saturated rings. The van der Waals surface area contributed by atoms with E-state index in [4.69, 9.17) is 10.1 Å². The van der Waals surface area contributed by atoms with E-state index >= 15 is 0 Å². The van der Waals surface area contributed by atoms with E-state index in [0.29, 0.717) is 23.7 Å². The number of nitrogens with zero attached hydrogens (tertiary/aromatic N) is 11. The SMILES string of the molecule is CC(C)[C@H](CO)Nc1nc(-c2ccc(C(=O)O)cc2)cn2ccnc12.CCCC/C=C/c1cn2ccnc2c(NCCc2cccnc2)n1.CCCC/C=C/c1cn2ccnc2c(NCc2ccncc2)n1. The molecule has 0 aliphatic rings. The summed E-state index contributed by atoms with van der Waals surface area (Å²) in [5.41, 5.74) is 8.33. The monoisotopic (exact) mass is 969 g/mol. The first-order valence-corrected chi connectivity index (χ1v) is 24.5. The highest BCUT2D eigenvalue weighted by molar-refractivity contribution is 5.88. The Morgan fingerprint density at radius 3 is 1.79 bits per heavy atom. The summed E-state index contributed by atoms with van der Waals surface area (Å²) in [5.74, 6) is 1.46. The number of hydrogen-bond donors (Lipinski definition) is 5. The summed E-state index contributed by atoms with van der Waals surface area (Å²) in [6, 6.07) is 14.4. The van der Waals surface area contributed by atoms with Crippen LogP contribution in [0.3, 0.4) is 0 Å². The van der Waals surface area contributed by atoms with Crippen molar-refractivity contribution >= 4 is 52.5 Å². The van der Waals surface area contributed by atoms with Crippen LogP contribution in [-0.4, -0.2) is 88.4 Å². The third kappa shape index (κ3) is 14.6. The first-order chi connectivity index (χ1) is 35.2. The maximum Gasteiger partial charge on any atom is 0.335 e. The first-order valence-electron chi connectivity index (χ1n) is 24.5. The lowest BCUT2D eigenvalue weighted by Gasteiger charge is -2.21. The van der Waals surface area contributed by atoms with Gasteiger partial charge in [0.2, 0.25) is 0 Å². The molecule has 0 unspecified atom stereocenters. The molecule has 72 heavy (non-hydrogen) atoms. The minimum absolute atomic E-state index is 0.0102. The summed E-state index contributed by atoms with van der Waals surface area (Å²) < 4.78 is 5.87. The average molecular weight is 969 g/mol. The minimum Gasteiger partial charge on any atom is -0.478 e. The molecule has 9 aromatic rings. The van der Waals surface area contributed by atoms with E-state index in [1.54, 1.807) is 61.4 Å². The number of aromatic carboxylic acids is 1. The Bertz CT molecular complexity index is 3130. The zero-order valence-electron chi connectivity index (χ0n) is 41.4. The van der Waals surface area contributed by atoms with Crippen LogP contribution in [-0.2, 0) is 13.0 Å². The molecule has 0 aliphatic carbocycles. The van der Waals surface area contributed by atoms with Crippen molar-refractivity contribution in [1.29, 1.82) is 0 Å². The summed E-state index contributed by atoms with van der Waals surface area (Å²) in [7, 11) is 0. The molecule has 0 aliphatic heterocycles. The number of nitrogens with one attached hydrogen (secondary N) is 3. The molecular formula is C55H64N14O3. The van der Waals surface area contributed by atoms with E-state index < -0.39 is 5.97 Å². The van der Waals surface area contributed by atoms with Crippen LogP contribution in [0.25, 0.3) is 40.4 Å². The fourth-order valence-electron chi connectivity index (χ4n) is 7.46. The summed E-state index contributed by atoms with van der Waals surface area (Å²) in [5, 5.41) is 28.6. The van der Waals surface area contributed by atoms with E-state index in [-0.39, 0.29) is 24.1 Å². The van der Waals surface area contributed by atoms with Gasteiger partial charge in [-0.3, -0.25) is 9.97 Å². The van der Waals surface area contributed by atoms with Gasteiger partial charge in [0.05, 0.1) is 35.3 Å². The maximum absolute atomic E-state index is 11.0. The Morgan fingerprint density at radius 2 is 1.25 bits per heavy atom. The number of aliphatic hydroxyl groups excluding tert-OH is 1. The first kappa shape index (κ1) is 51.5. The molecule has 8 heterocycles. The van der Waals surface area contributed by atoms with Crippen LogP contribution < -0.4 is 16.0 Å². The summed E-state index contributed by atoms with van der Waals surface area (Å²) >= 11 is 0.